The number of hydrogen-bond donors (Lipinski definition) is 1. The van der Waals surface area contributed by atoms with Gasteiger partial charge in [-0.2, -0.15) is 0 Å². The third kappa shape index (κ3) is 1.42. The van der Waals surface area contributed by atoms with Crippen molar-refractivity contribution in [3.63, 3.8) is 0 Å². The molecule has 11 heavy (non-hydrogen) atoms. The largest absolute Gasteiger partial charge is 0.393 e. The molecule has 1 aliphatic carbocycles. The van der Waals surface area contributed by atoms with E-state index >= 15 is 0 Å². The monoisotopic (exact) mass is 155 g/mol. The Morgan fingerprint density at radius 3 is 2.27 bits per heavy atom. The van der Waals surface area contributed by atoms with Gasteiger partial charge >= 0.3 is 0 Å². The summed E-state index contributed by atoms with van der Waals surface area (Å²) in [7, 11) is 0. The summed E-state index contributed by atoms with van der Waals surface area (Å²) in [6, 6.07) is 0. The molecule has 0 aromatic rings. The number of nitrogens with zero attached hydrogens (tertiary/aromatic N) is 1. The lowest BCUT2D eigenvalue weighted by molar-refractivity contribution is 0.0581. The van der Waals surface area contributed by atoms with Crippen LogP contribution in [0.4, 0.5) is 0 Å². The Morgan fingerprint density at radius 2 is 1.82 bits per heavy atom. The van der Waals surface area contributed by atoms with E-state index in [1.165, 1.54) is 12.8 Å². The average molecular weight is 155 g/mol. The van der Waals surface area contributed by atoms with Gasteiger partial charge in [-0.15, -0.1) is 0 Å². The minimum atomic E-state index is -0.0198. The second-order valence-electron chi connectivity index (χ2n) is 4.22. The normalized spacial score (nSPS) is 32.2. The molecule has 64 valence electrons. The molecule has 0 amide bonds. The SMILES string of the molecule is CC1(N2CCC(O)CC2)CC1. The van der Waals surface area contributed by atoms with Crippen LogP contribution in [0, 0.1) is 0 Å². The van der Waals surface area contributed by atoms with Gasteiger partial charge < -0.3 is 5.11 Å². The van der Waals surface area contributed by atoms with E-state index in [9.17, 15) is 5.11 Å². The smallest absolute Gasteiger partial charge is 0.0564 e. The molecule has 0 radical (unpaired) electrons. The zero-order valence-electron chi connectivity index (χ0n) is 7.21. The molecule has 2 fully saturated rings. The van der Waals surface area contributed by atoms with Crippen molar-refractivity contribution in [3.8, 4) is 0 Å². The van der Waals surface area contributed by atoms with Gasteiger partial charge in [0.1, 0.15) is 0 Å². The molecule has 1 aliphatic heterocycles. The van der Waals surface area contributed by atoms with Crippen molar-refractivity contribution in [1.29, 1.82) is 0 Å². The molecule has 1 saturated carbocycles. The average Bonchev–Trinajstić information content (AvgIpc) is 2.70. The van der Waals surface area contributed by atoms with Crippen LogP contribution in [0.1, 0.15) is 32.6 Å². The van der Waals surface area contributed by atoms with E-state index in [1.54, 1.807) is 0 Å². The van der Waals surface area contributed by atoms with Crippen molar-refractivity contribution >= 4 is 0 Å². The molecule has 2 rings (SSSR count). The maximum absolute atomic E-state index is 9.29. The highest BCUT2D eigenvalue weighted by Crippen LogP contribution is 2.42. The van der Waals surface area contributed by atoms with Crippen molar-refractivity contribution in [2.45, 2.75) is 44.2 Å². The molecule has 2 heteroatoms. The first-order chi connectivity index (χ1) is 5.21. The van der Waals surface area contributed by atoms with Crippen LogP contribution < -0.4 is 0 Å². The molecule has 0 spiro atoms. The first-order valence-electron chi connectivity index (χ1n) is 4.64. The standard InChI is InChI=1S/C9H17NO/c1-9(4-5-9)10-6-2-8(11)3-7-10/h8,11H,2-7H2,1H3. The fourth-order valence-electron chi connectivity index (χ4n) is 1.90. The summed E-state index contributed by atoms with van der Waals surface area (Å²) in [4.78, 5) is 2.54. The molecule has 0 atom stereocenters. The van der Waals surface area contributed by atoms with Crippen molar-refractivity contribution in [3.05, 3.63) is 0 Å². The first-order valence-corrected chi connectivity index (χ1v) is 4.64. The van der Waals surface area contributed by atoms with Gasteiger partial charge in [0.05, 0.1) is 6.10 Å². The summed E-state index contributed by atoms with van der Waals surface area (Å²) in [5.41, 5.74) is 0.528. The van der Waals surface area contributed by atoms with Crippen LogP contribution in [0.5, 0.6) is 0 Å². The Balaban J connectivity index is 1.87. The molecular formula is C9H17NO. The zero-order chi connectivity index (χ0) is 7.90. The molecule has 0 bridgehead atoms. The lowest BCUT2D eigenvalue weighted by atomic mass is 10.1. The first kappa shape index (κ1) is 7.56. The summed E-state index contributed by atoms with van der Waals surface area (Å²) < 4.78 is 0. The number of rotatable bonds is 1. The van der Waals surface area contributed by atoms with Gasteiger partial charge in [0.15, 0.2) is 0 Å². The molecule has 2 nitrogen and oxygen atoms in total. The zero-order valence-corrected chi connectivity index (χ0v) is 7.21. The highest BCUT2D eigenvalue weighted by atomic mass is 16.3. The maximum atomic E-state index is 9.29. The third-order valence-electron chi connectivity index (χ3n) is 3.20. The fraction of sp³-hybridized carbons (Fsp3) is 1.00. The van der Waals surface area contributed by atoms with Crippen molar-refractivity contribution < 1.29 is 5.11 Å². The number of piperidine rings is 1. The van der Waals surface area contributed by atoms with Gasteiger partial charge in [0, 0.05) is 18.6 Å². The van der Waals surface area contributed by atoms with E-state index in [4.69, 9.17) is 0 Å². The number of aliphatic hydroxyl groups is 1. The lowest BCUT2D eigenvalue weighted by Crippen LogP contribution is -2.42. The van der Waals surface area contributed by atoms with Crippen LogP contribution >= 0.6 is 0 Å². The Kier molecular flexibility index (Phi) is 1.69. The van der Waals surface area contributed by atoms with Crippen molar-refractivity contribution in [2.75, 3.05) is 13.1 Å². The lowest BCUT2D eigenvalue weighted by Gasteiger charge is -2.34. The van der Waals surface area contributed by atoms with Crippen LogP contribution in [0.15, 0.2) is 0 Å². The molecular weight excluding hydrogens is 138 g/mol. The summed E-state index contributed by atoms with van der Waals surface area (Å²) >= 11 is 0. The molecule has 1 N–H and O–H groups in total. The quantitative estimate of drug-likeness (QED) is 0.610. The minimum absolute atomic E-state index is 0.0198. The van der Waals surface area contributed by atoms with Crippen LogP contribution in [0.25, 0.3) is 0 Å². The van der Waals surface area contributed by atoms with Gasteiger partial charge in [-0.05, 0) is 32.6 Å². The van der Waals surface area contributed by atoms with E-state index in [0.29, 0.717) is 5.54 Å². The van der Waals surface area contributed by atoms with Crippen molar-refractivity contribution in [2.24, 2.45) is 0 Å². The van der Waals surface area contributed by atoms with Gasteiger partial charge in [0.2, 0.25) is 0 Å². The highest BCUT2D eigenvalue weighted by Gasteiger charge is 2.43. The molecule has 0 aromatic carbocycles. The molecule has 1 heterocycles. The number of likely N-dealkylation sites (tertiary alicyclic amines) is 1. The Morgan fingerprint density at radius 1 is 1.27 bits per heavy atom. The topological polar surface area (TPSA) is 23.5 Å². The van der Waals surface area contributed by atoms with Crippen LogP contribution in [0.2, 0.25) is 0 Å². The summed E-state index contributed by atoms with van der Waals surface area (Å²) in [6.45, 7) is 4.56. The van der Waals surface area contributed by atoms with E-state index < -0.39 is 0 Å². The minimum Gasteiger partial charge on any atom is -0.393 e. The van der Waals surface area contributed by atoms with Gasteiger partial charge in [-0.3, -0.25) is 4.90 Å². The third-order valence-corrected chi connectivity index (χ3v) is 3.20. The number of hydrogen-bond acceptors (Lipinski definition) is 2. The van der Waals surface area contributed by atoms with E-state index in [2.05, 4.69) is 11.8 Å². The second-order valence-corrected chi connectivity index (χ2v) is 4.22. The summed E-state index contributed by atoms with van der Waals surface area (Å²) in [5, 5.41) is 9.29. The Hall–Kier alpha value is -0.0800. The second kappa shape index (κ2) is 2.46. The molecule has 2 aliphatic rings. The highest BCUT2D eigenvalue weighted by molar-refractivity contribution is 5.00. The van der Waals surface area contributed by atoms with E-state index in [-0.39, 0.29) is 6.10 Å². The number of aliphatic hydroxyl groups excluding tert-OH is 1. The van der Waals surface area contributed by atoms with Gasteiger partial charge in [-0.1, -0.05) is 0 Å². The van der Waals surface area contributed by atoms with Crippen LogP contribution in [-0.4, -0.2) is 34.7 Å². The predicted octanol–water partition coefficient (Wildman–Crippen LogP) is 0.996. The van der Waals surface area contributed by atoms with E-state index in [1.807, 2.05) is 0 Å². The Bertz CT molecular complexity index is 146. The maximum Gasteiger partial charge on any atom is 0.0564 e. The molecule has 0 unspecified atom stereocenters. The summed E-state index contributed by atoms with van der Waals surface area (Å²) in [6.07, 6.45) is 4.67. The Labute approximate surface area is 68.2 Å². The van der Waals surface area contributed by atoms with Crippen molar-refractivity contribution in [1.82, 2.24) is 4.90 Å². The molecule has 1 saturated heterocycles. The predicted molar refractivity (Wildman–Crippen MR) is 44.5 cm³/mol. The summed E-state index contributed by atoms with van der Waals surface area (Å²) in [5.74, 6) is 0. The van der Waals surface area contributed by atoms with Crippen LogP contribution in [-0.2, 0) is 0 Å². The van der Waals surface area contributed by atoms with Gasteiger partial charge in [0.25, 0.3) is 0 Å². The van der Waals surface area contributed by atoms with Gasteiger partial charge in [-0.25, -0.2) is 0 Å². The van der Waals surface area contributed by atoms with E-state index in [0.717, 1.165) is 25.9 Å². The molecule has 0 aromatic heterocycles. The fourth-order valence-corrected chi connectivity index (χ4v) is 1.90. The van der Waals surface area contributed by atoms with Crippen LogP contribution in [0.3, 0.4) is 0 Å².